The molecule has 0 heterocycles. The van der Waals surface area contributed by atoms with Crippen LogP contribution >= 0.6 is 0 Å². The number of hydrogen-bond donors (Lipinski definition) is 2. The van der Waals surface area contributed by atoms with Gasteiger partial charge in [0.25, 0.3) is 5.91 Å². The first-order valence-corrected chi connectivity index (χ1v) is 7.37. The van der Waals surface area contributed by atoms with Crippen LogP contribution in [0.2, 0.25) is 0 Å². The van der Waals surface area contributed by atoms with Gasteiger partial charge in [-0.25, -0.2) is 0 Å². The van der Waals surface area contributed by atoms with Gasteiger partial charge in [0.1, 0.15) is 12.3 Å². The summed E-state index contributed by atoms with van der Waals surface area (Å²) in [6.45, 7) is 1.53. The van der Waals surface area contributed by atoms with Crippen molar-refractivity contribution < 1.29 is 14.4 Å². The average molecular weight is 299 g/mol. The zero-order chi connectivity index (χ0) is 15.9. The number of amides is 1. The maximum atomic E-state index is 12.1. The molecular weight excluding hydrogens is 276 g/mol. The van der Waals surface area contributed by atoms with Gasteiger partial charge in [-0.3, -0.25) is 4.79 Å². The second-order valence-corrected chi connectivity index (χ2v) is 5.61. The predicted octanol–water partition coefficient (Wildman–Crippen LogP) is 1.27. The van der Waals surface area contributed by atoms with Gasteiger partial charge in [-0.1, -0.05) is 24.3 Å². The van der Waals surface area contributed by atoms with Crippen molar-refractivity contribution in [2.75, 3.05) is 21.2 Å². The summed E-state index contributed by atoms with van der Waals surface area (Å²) in [6, 6.07) is 15.4. The minimum Gasteiger partial charge on any atom is -0.497 e. The van der Waals surface area contributed by atoms with Crippen LogP contribution in [0.1, 0.15) is 21.5 Å². The molecule has 0 saturated heterocycles. The first kappa shape index (κ1) is 16.0. The highest BCUT2D eigenvalue weighted by Crippen LogP contribution is 2.11. The smallest absolute Gasteiger partial charge is 0.251 e. The van der Waals surface area contributed by atoms with E-state index in [4.69, 9.17) is 4.74 Å². The molecule has 0 unspecified atom stereocenters. The molecule has 116 valence electrons. The molecule has 0 radical (unpaired) electrons. The van der Waals surface area contributed by atoms with Crippen LogP contribution < -0.4 is 15.0 Å². The molecule has 4 heteroatoms. The molecule has 2 aromatic carbocycles. The van der Waals surface area contributed by atoms with Gasteiger partial charge in [0.15, 0.2) is 0 Å². The molecule has 2 N–H and O–H groups in total. The van der Waals surface area contributed by atoms with Crippen LogP contribution in [-0.2, 0) is 13.1 Å². The molecule has 1 amide bonds. The Morgan fingerprint density at radius 1 is 1.00 bits per heavy atom. The number of hydrogen-bond acceptors (Lipinski definition) is 2. The van der Waals surface area contributed by atoms with Crippen molar-refractivity contribution in [2.45, 2.75) is 13.1 Å². The minimum atomic E-state index is -0.0792. The third-order valence-corrected chi connectivity index (χ3v) is 3.39. The van der Waals surface area contributed by atoms with Crippen LogP contribution in [0, 0.1) is 0 Å². The van der Waals surface area contributed by atoms with E-state index in [0.717, 1.165) is 17.9 Å². The molecule has 0 saturated carbocycles. The highest BCUT2D eigenvalue weighted by Gasteiger charge is 2.05. The van der Waals surface area contributed by atoms with Crippen LogP contribution in [0.25, 0.3) is 0 Å². The Balaban J connectivity index is 1.90. The quantitative estimate of drug-likeness (QED) is 0.843. The normalized spacial score (nSPS) is 10.5. The van der Waals surface area contributed by atoms with Crippen molar-refractivity contribution in [3.63, 3.8) is 0 Å². The molecule has 0 atom stereocenters. The highest BCUT2D eigenvalue weighted by molar-refractivity contribution is 5.94. The molecule has 2 aromatic rings. The maximum Gasteiger partial charge on any atom is 0.251 e. The summed E-state index contributed by atoms with van der Waals surface area (Å²) >= 11 is 0. The topological polar surface area (TPSA) is 42.8 Å². The number of ether oxygens (including phenoxy) is 1. The largest absolute Gasteiger partial charge is 0.497 e. The Hall–Kier alpha value is -2.33. The fourth-order valence-electron chi connectivity index (χ4n) is 2.21. The van der Waals surface area contributed by atoms with Crippen LogP contribution in [0.3, 0.4) is 0 Å². The van der Waals surface area contributed by atoms with Gasteiger partial charge in [0, 0.05) is 17.7 Å². The van der Waals surface area contributed by atoms with Gasteiger partial charge < -0.3 is 15.0 Å². The molecule has 0 aromatic heterocycles. The molecular formula is C18H23N2O2+. The zero-order valence-corrected chi connectivity index (χ0v) is 13.3. The van der Waals surface area contributed by atoms with Crippen LogP contribution in [0.15, 0.2) is 48.5 Å². The van der Waals surface area contributed by atoms with Gasteiger partial charge in [0.05, 0.1) is 21.2 Å². The molecule has 4 nitrogen and oxygen atoms in total. The minimum absolute atomic E-state index is 0.0792. The van der Waals surface area contributed by atoms with Crippen molar-refractivity contribution in [1.82, 2.24) is 5.32 Å². The number of carbonyl (C=O) groups is 1. The van der Waals surface area contributed by atoms with E-state index in [1.54, 1.807) is 31.4 Å². The summed E-state index contributed by atoms with van der Waals surface area (Å²) in [5, 5.41) is 2.93. The number of nitrogens with one attached hydrogen (secondary N) is 2. The Labute approximate surface area is 131 Å². The van der Waals surface area contributed by atoms with Crippen molar-refractivity contribution in [3.8, 4) is 5.75 Å². The molecule has 0 aliphatic heterocycles. The number of rotatable bonds is 6. The van der Waals surface area contributed by atoms with E-state index in [1.165, 1.54) is 10.5 Å². The average Bonchev–Trinajstić information content (AvgIpc) is 2.53. The zero-order valence-electron chi connectivity index (χ0n) is 13.3. The van der Waals surface area contributed by atoms with Crippen molar-refractivity contribution >= 4 is 5.91 Å². The molecule has 2 rings (SSSR count). The van der Waals surface area contributed by atoms with Gasteiger partial charge in [-0.15, -0.1) is 0 Å². The van der Waals surface area contributed by atoms with Crippen molar-refractivity contribution in [3.05, 3.63) is 65.2 Å². The molecule has 0 aliphatic rings. The highest BCUT2D eigenvalue weighted by atomic mass is 16.5. The second kappa shape index (κ2) is 7.61. The first-order valence-electron chi connectivity index (χ1n) is 7.37. The van der Waals surface area contributed by atoms with Crippen LogP contribution in [0.4, 0.5) is 0 Å². The summed E-state index contributed by atoms with van der Waals surface area (Å²) in [7, 11) is 5.86. The Morgan fingerprint density at radius 2 is 1.59 bits per heavy atom. The third kappa shape index (κ3) is 4.60. The molecule has 0 bridgehead atoms. The van der Waals surface area contributed by atoms with Crippen LogP contribution in [0.5, 0.6) is 5.75 Å². The predicted molar refractivity (Wildman–Crippen MR) is 87.1 cm³/mol. The standard InChI is InChI=1S/C18H22N2O2/c1-20(2)13-15-6-4-14(5-7-15)12-19-18(21)16-8-10-17(22-3)11-9-16/h4-11H,12-13H2,1-3H3,(H,19,21)/p+1. The summed E-state index contributed by atoms with van der Waals surface area (Å²) in [4.78, 5) is 13.5. The monoisotopic (exact) mass is 299 g/mol. The Kier molecular flexibility index (Phi) is 5.55. The molecule has 0 fully saturated rings. The van der Waals surface area contributed by atoms with E-state index < -0.39 is 0 Å². The number of quaternary nitrogens is 1. The van der Waals surface area contributed by atoms with Gasteiger partial charge in [0.2, 0.25) is 0 Å². The van der Waals surface area contributed by atoms with E-state index in [0.29, 0.717) is 12.1 Å². The molecule has 22 heavy (non-hydrogen) atoms. The van der Waals surface area contributed by atoms with Gasteiger partial charge in [-0.05, 0) is 29.8 Å². The van der Waals surface area contributed by atoms with E-state index in [9.17, 15) is 4.79 Å². The van der Waals surface area contributed by atoms with Crippen molar-refractivity contribution in [1.29, 1.82) is 0 Å². The number of benzene rings is 2. The second-order valence-electron chi connectivity index (χ2n) is 5.61. The van der Waals surface area contributed by atoms with E-state index in [2.05, 4.69) is 43.7 Å². The number of carbonyl (C=O) groups excluding carboxylic acids is 1. The lowest BCUT2D eigenvalue weighted by Crippen LogP contribution is -3.04. The lowest BCUT2D eigenvalue weighted by molar-refractivity contribution is -0.872. The van der Waals surface area contributed by atoms with Crippen molar-refractivity contribution in [2.24, 2.45) is 0 Å². The Morgan fingerprint density at radius 3 is 2.14 bits per heavy atom. The summed E-state index contributed by atoms with van der Waals surface area (Å²) in [5.74, 6) is 0.666. The summed E-state index contributed by atoms with van der Waals surface area (Å²) in [5.41, 5.74) is 3.03. The van der Waals surface area contributed by atoms with E-state index in [-0.39, 0.29) is 5.91 Å². The van der Waals surface area contributed by atoms with Gasteiger partial charge in [-0.2, -0.15) is 0 Å². The fraction of sp³-hybridized carbons (Fsp3) is 0.278. The van der Waals surface area contributed by atoms with Crippen LogP contribution in [-0.4, -0.2) is 27.1 Å². The first-order chi connectivity index (χ1) is 10.6. The maximum absolute atomic E-state index is 12.1. The van der Waals surface area contributed by atoms with Gasteiger partial charge >= 0.3 is 0 Å². The fourth-order valence-corrected chi connectivity index (χ4v) is 2.21. The number of methoxy groups -OCH3 is 1. The molecule has 0 spiro atoms. The lowest BCUT2D eigenvalue weighted by Gasteiger charge is -2.09. The third-order valence-electron chi connectivity index (χ3n) is 3.39. The summed E-state index contributed by atoms with van der Waals surface area (Å²) < 4.78 is 5.08. The van der Waals surface area contributed by atoms with E-state index in [1.807, 2.05) is 0 Å². The Bertz CT molecular complexity index is 604. The summed E-state index contributed by atoms with van der Waals surface area (Å²) in [6.07, 6.45) is 0. The molecule has 0 aliphatic carbocycles. The SMILES string of the molecule is COc1ccc(C(=O)NCc2ccc(C[NH+](C)C)cc2)cc1. The van der Waals surface area contributed by atoms with E-state index >= 15 is 0 Å². The lowest BCUT2D eigenvalue weighted by atomic mass is 10.1.